The van der Waals surface area contributed by atoms with Gasteiger partial charge in [-0.1, -0.05) is 6.92 Å². The first-order valence-corrected chi connectivity index (χ1v) is 9.20. The van der Waals surface area contributed by atoms with E-state index in [-0.39, 0.29) is 11.3 Å². The predicted molar refractivity (Wildman–Crippen MR) is 95.6 cm³/mol. The minimum absolute atomic E-state index is 0.0565. The van der Waals surface area contributed by atoms with Crippen LogP contribution in [0, 0.1) is 6.92 Å². The fourth-order valence-corrected chi connectivity index (χ4v) is 3.69. The molecule has 4 rings (SSSR count). The summed E-state index contributed by atoms with van der Waals surface area (Å²) in [4.78, 5) is 15.3. The van der Waals surface area contributed by atoms with Crippen molar-refractivity contribution in [3.63, 3.8) is 0 Å². The highest BCUT2D eigenvalue weighted by Gasteiger charge is 2.39. The predicted octanol–water partition coefficient (Wildman–Crippen LogP) is 1.49. The summed E-state index contributed by atoms with van der Waals surface area (Å²) in [7, 11) is 3.90. The lowest BCUT2D eigenvalue weighted by Crippen LogP contribution is -2.41. The molecule has 0 saturated carbocycles. The number of aryl methyl sites for hydroxylation is 1. The Labute approximate surface area is 156 Å². The molecule has 26 heavy (non-hydrogen) atoms. The molecule has 2 aromatic heterocycles. The highest BCUT2D eigenvalue weighted by molar-refractivity contribution is 6.15. The molecule has 0 unspecified atom stereocenters. The van der Waals surface area contributed by atoms with Crippen molar-refractivity contribution in [2.75, 3.05) is 19.8 Å². The molecule has 7 nitrogen and oxygen atoms in total. The lowest BCUT2D eigenvalue weighted by atomic mass is 10.2. The molecule has 3 radical (unpaired) electrons. The average Bonchev–Trinajstić information content (AvgIpc) is 2.90. The zero-order valence-corrected chi connectivity index (χ0v) is 15.9. The number of hydrogen-bond acceptors (Lipinski definition) is 7. The first-order valence-electron chi connectivity index (χ1n) is 8.70. The van der Waals surface area contributed by atoms with Gasteiger partial charge in [-0.15, -0.1) is 0 Å². The van der Waals surface area contributed by atoms with Crippen molar-refractivity contribution in [2.45, 2.75) is 38.1 Å². The van der Waals surface area contributed by atoms with Gasteiger partial charge in [-0.2, -0.15) is 0 Å². The number of hydrogen-bond donors (Lipinski definition) is 0. The van der Waals surface area contributed by atoms with Crippen molar-refractivity contribution in [3.8, 4) is 17.4 Å². The molecule has 0 N–H and O–H groups in total. The number of fused-ring (bicyclic) bond motifs is 1. The fourth-order valence-electron chi connectivity index (χ4n) is 3.29. The Morgan fingerprint density at radius 3 is 2.85 bits per heavy atom. The maximum Gasteiger partial charge on any atom is 0.257 e. The van der Waals surface area contributed by atoms with Crippen molar-refractivity contribution in [1.82, 2.24) is 19.9 Å². The molecule has 4 heterocycles. The van der Waals surface area contributed by atoms with Crippen LogP contribution in [0.5, 0.6) is 17.4 Å². The van der Waals surface area contributed by atoms with E-state index in [1.807, 2.05) is 19.1 Å². The Morgan fingerprint density at radius 2 is 2.04 bits per heavy atom. The van der Waals surface area contributed by atoms with Gasteiger partial charge in [0.2, 0.25) is 0 Å². The molecular formula is C18H21N4O3Si. The third-order valence-electron chi connectivity index (χ3n) is 4.62. The summed E-state index contributed by atoms with van der Waals surface area (Å²) in [6.45, 7) is 6.59. The molecule has 0 aromatic carbocycles. The SMILES string of the molecule is Cc1ncc(O[C@@H]2CN(Cc3ccc4c(n3)OCCO4)[C@](C)([Si])C2)cn1. The summed E-state index contributed by atoms with van der Waals surface area (Å²) in [5.74, 6) is 2.72. The van der Waals surface area contributed by atoms with Gasteiger partial charge in [0.15, 0.2) is 11.5 Å². The minimum atomic E-state index is -0.175. The van der Waals surface area contributed by atoms with Crippen LogP contribution in [0.25, 0.3) is 0 Å². The van der Waals surface area contributed by atoms with E-state index in [2.05, 4.69) is 37.0 Å². The van der Waals surface area contributed by atoms with Crippen molar-refractivity contribution >= 4 is 10.2 Å². The van der Waals surface area contributed by atoms with Crippen LogP contribution in [-0.4, -0.2) is 61.1 Å². The molecule has 1 fully saturated rings. The van der Waals surface area contributed by atoms with E-state index in [0.29, 0.717) is 37.1 Å². The quantitative estimate of drug-likeness (QED) is 0.756. The fraction of sp³-hybridized carbons (Fsp3) is 0.500. The number of rotatable bonds is 4. The van der Waals surface area contributed by atoms with Crippen LogP contribution in [0.15, 0.2) is 24.5 Å². The van der Waals surface area contributed by atoms with Crippen LogP contribution in [0.2, 0.25) is 0 Å². The topological polar surface area (TPSA) is 69.6 Å². The number of aromatic nitrogens is 3. The largest absolute Gasteiger partial charge is 0.486 e. The van der Waals surface area contributed by atoms with Gasteiger partial charge >= 0.3 is 0 Å². The van der Waals surface area contributed by atoms with E-state index >= 15 is 0 Å². The Bertz CT molecular complexity index is 785. The normalized spacial score (nSPS) is 25.3. The van der Waals surface area contributed by atoms with E-state index in [0.717, 1.165) is 24.5 Å². The van der Waals surface area contributed by atoms with E-state index in [1.54, 1.807) is 12.4 Å². The maximum atomic E-state index is 6.06. The van der Waals surface area contributed by atoms with Gasteiger partial charge < -0.3 is 14.2 Å². The smallest absolute Gasteiger partial charge is 0.257 e. The highest BCUT2D eigenvalue weighted by atomic mass is 28.1. The number of ether oxygens (including phenoxy) is 3. The Kier molecular flexibility index (Phi) is 4.54. The summed E-state index contributed by atoms with van der Waals surface area (Å²) in [5, 5.41) is -0.175. The molecule has 0 bridgehead atoms. The van der Waals surface area contributed by atoms with E-state index in [1.165, 1.54) is 0 Å². The van der Waals surface area contributed by atoms with Crippen LogP contribution in [0.1, 0.15) is 24.9 Å². The zero-order chi connectivity index (χ0) is 18.1. The zero-order valence-electron chi connectivity index (χ0n) is 14.9. The van der Waals surface area contributed by atoms with Crippen molar-refractivity contribution in [3.05, 3.63) is 36.0 Å². The second-order valence-corrected chi connectivity index (χ2v) is 7.94. The standard InChI is InChI=1S/C18H21N4O3Si/c1-12-19-8-15(9-20-12)25-14-7-18(2,26)22(11-14)10-13-3-4-16-17(21-13)24-6-5-23-16/h3-4,8-9,14H,5-7,10-11H2,1-2H3/t14-,18+/m0/s1. The summed E-state index contributed by atoms with van der Waals surface area (Å²) >= 11 is 0. The third-order valence-corrected chi connectivity index (χ3v) is 5.14. The van der Waals surface area contributed by atoms with E-state index in [9.17, 15) is 0 Å². The molecule has 2 aromatic rings. The highest BCUT2D eigenvalue weighted by Crippen LogP contribution is 2.32. The Morgan fingerprint density at radius 1 is 1.27 bits per heavy atom. The van der Waals surface area contributed by atoms with Gasteiger partial charge in [0.05, 0.1) is 28.3 Å². The van der Waals surface area contributed by atoms with Crippen molar-refractivity contribution in [2.24, 2.45) is 0 Å². The molecule has 0 spiro atoms. The molecular weight excluding hydrogens is 348 g/mol. The van der Waals surface area contributed by atoms with Crippen LogP contribution < -0.4 is 14.2 Å². The third kappa shape index (κ3) is 3.66. The van der Waals surface area contributed by atoms with Gasteiger partial charge in [0.25, 0.3) is 5.88 Å². The molecule has 2 atom stereocenters. The van der Waals surface area contributed by atoms with Crippen molar-refractivity contribution < 1.29 is 14.2 Å². The second kappa shape index (κ2) is 6.84. The van der Waals surface area contributed by atoms with E-state index in [4.69, 9.17) is 14.2 Å². The summed E-state index contributed by atoms with van der Waals surface area (Å²) in [6, 6.07) is 3.91. The maximum absolute atomic E-state index is 6.06. The number of pyridine rings is 1. The van der Waals surface area contributed by atoms with Gasteiger partial charge in [-0.3, -0.25) is 4.90 Å². The molecule has 0 amide bonds. The van der Waals surface area contributed by atoms with Gasteiger partial charge in [0, 0.05) is 24.7 Å². The second-order valence-electron chi connectivity index (χ2n) is 6.87. The first kappa shape index (κ1) is 17.2. The molecule has 8 heteroatoms. The van der Waals surface area contributed by atoms with E-state index < -0.39 is 0 Å². The average molecular weight is 369 g/mol. The van der Waals surface area contributed by atoms with Gasteiger partial charge in [-0.05, 0) is 19.1 Å². The summed E-state index contributed by atoms with van der Waals surface area (Å²) in [6.07, 6.45) is 4.35. The molecule has 2 aliphatic rings. The van der Waals surface area contributed by atoms with Crippen LogP contribution in [0.3, 0.4) is 0 Å². The van der Waals surface area contributed by atoms with Crippen LogP contribution in [0.4, 0.5) is 0 Å². The number of nitrogens with zero attached hydrogens (tertiary/aromatic N) is 4. The molecule has 1 saturated heterocycles. The Balaban J connectivity index is 1.44. The molecule has 135 valence electrons. The summed E-state index contributed by atoms with van der Waals surface area (Å²) < 4.78 is 17.2. The van der Waals surface area contributed by atoms with Crippen molar-refractivity contribution in [1.29, 1.82) is 0 Å². The monoisotopic (exact) mass is 369 g/mol. The first-order chi connectivity index (χ1) is 12.5. The van der Waals surface area contributed by atoms with Crippen LogP contribution in [-0.2, 0) is 6.54 Å². The Hall–Kier alpha value is -2.19. The lowest BCUT2D eigenvalue weighted by Gasteiger charge is -2.30. The van der Waals surface area contributed by atoms with Crippen LogP contribution >= 0.6 is 0 Å². The van der Waals surface area contributed by atoms with Gasteiger partial charge in [-0.25, -0.2) is 15.0 Å². The molecule has 0 aliphatic carbocycles. The minimum Gasteiger partial charge on any atom is -0.486 e. The molecule has 2 aliphatic heterocycles. The summed E-state index contributed by atoms with van der Waals surface area (Å²) in [5.41, 5.74) is 0.943. The van der Waals surface area contributed by atoms with Gasteiger partial charge in [0.1, 0.15) is 25.1 Å². The lowest BCUT2D eigenvalue weighted by molar-refractivity contribution is 0.161. The number of likely N-dealkylation sites (tertiary alicyclic amines) is 1.